The maximum atomic E-state index is 11.6. The maximum Gasteiger partial charge on any atom is 0.225 e. The maximum absolute atomic E-state index is 11.6. The summed E-state index contributed by atoms with van der Waals surface area (Å²) in [6.45, 7) is 1.18. The average molecular weight is 268 g/mol. The number of rotatable bonds is 0. The number of ether oxygens (including phenoxy) is 1. The van der Waals surface area contributed by atoms with Gasteiger partial charge >= 0.3 is 0 Å². The quantitative estimate of drug-likeness (QED) is 0.771. The van der Waals surface area contributed by atoms with Crippen LogP contribution >= 0.6 is 15.9 Å². The van der Waals surface area contributed by atoms with Crippen LogP contribution in [0.15, 0.2) is 22.7 Å². The minimum atomic E-state index is -0.245. The van der Waals surface area contributed by atoms with Gasteiger partial charge in [-0.05, 0) is 23.3 Å². The van der Waals surface area contributed by atoms with Gasteiger partial charge in [0, 0.05) is 4.47 Å². The Morgan fingerprint density at radius 3 is 2.87 bits per heavy atom. The lowest BCUT2D eigenvalue weighted by molar-refractivity contribution is -0.135. The second kappa shape index (κ2) is 3.06. The lowest BCUT2D eigenvalue weighted by Gasteiger charge is -2.45. The largest absolute Gasteiger partial charge is 0.376 e. The summed E-state index contributed by atoms with van der Waals surface area (Å²) in [5.74, 6) is 0.0869. The van der Waals surface area contributed by atoms with Crippen LogP contribution < -0.4 is 5.32 Å². The number of benzene rings is 1. The van der Waals surface area contributed by atoms with Gasteiger partial charge in [0.25, 0.3) is 0 Å². The predicted octanol–water partition coefficient (Wildman–Crippen LogP) is 1.35. The molecular formula is C11H10BrNO2. The molecule has 3 nitrogen and oxygen atoms in total. The van der Waals surface area contributed by atoms with Gasteiger partial charge in [-0.1, -0.05) is 22.0 Å². The highest BCUT2D eigenvalue weighted by Gasteiger charge is 2.45. The Morgan fingerprint density at radius 2 is 2.20 bits per heavy atom. The van der Waals surface area contributed by atoms with Crippen LogP contribution in [-0.2, 0) is 21.5 Å². The Balaban J connectivity index is 2.14. The van der Waals surface area contributed by atoms with E-state index >= 15 is 0 Å². The van der Waals surface area contributed by atoms with Crippen molar-refractivity contribution in [3.8, 4) is 0 Å². The summed E-state index contributed by atoms with van der Waals surface area (Å²) < 4.78 is 6.24. The SMILES string of the molecule is O=C1Cc2cc(Br)ccc2C2(COC2)N1. The first-order valence-electron chi connectivity index (χ1n) is 4.87. The number of carbonyl (C=O) groups is 1. The summed E-state index contributed by atoms with van der Waals surface area (Å²) in [6, 6.07) is 6.10. The lowest BCUT2D eigenvalue weighted by atomic mass is 9.81. The monoisotopic (exact) mass is 267 g/mol. The summed E-state index contributed by atoms with van der Waals surface area (Å²) in [5, 5.41) is 3.03. The Bertz CT molecular complexity index is 440. The first-order chi connectivity index (χ1) is 7.20. The molecule has 0 atom stereocenters. The van der Waals surface area contributed by atoms with Crippen molar-refractivity contribution in [2.75, 3.05) is 13.2 Å². The fraction of sp³-hybridized carbons (Fsp3) is 0.364. The molecule has 1 saturated heterocycles. The van der Waals surface area contributed by atoms with Crippen molar-refractivity contribution in [2.24, 2.45) is 0 Å². The standard InChI is InChI=1S/C11H10BrNO2/c12-8-1-2-9-7(3-8)4-10(14)13-11(9)5-15-6-11/h1-3H,4-6H2,(H,13,14). The van der Waals surface area contributed by atoms with Crippen LogP contribution in [0.1, 0.15) is 11.1 Å². The van der Waals surface area contributed by atoms with Crippen molar-refractivity contribution >= 4 is 21.8 Å². The van der Waals surface area contributed by atoms with Crippen molar-refractivity contribution in [3.05, 3.63) is 33.8 Å². The van der Waals surface area contributed by atoms with Crippen LogP contribution in [0.5, 0.6) is 0 Å². The van der Waals surface area contributed by atoms with Crippen LogP contribution in [0.25, 0.3) is 0 Å². The molecule has 0 radical (unpaired) electrons. The fourth-order valence-corrected chi connectivity index (χ4v) is 2.67. The van der Waals surface area contributed by atoms with Gasteiger partial charge in [-0.15, -0.1) is 0 Å². The second-order valence-corrected chi connectivity index (χ2v) is 5.02. The van der Waals surface area contributed by atoms with Gasteiger partial charge in [0.1, 0.15) is 5.54 Å². The van der Waals surface area contributed by atoms with Crippen molar-refractivity contribution in [2.45, 2.75) is 12.0 Å². The Labute approximate surface area is 95.9 Å². The van der Waals surface area contributed by atoms with Crippen molar-refractivity contribution < 1.29 is 9.53 Å². The van der Waals surface area contributed by atoms with Crippen molar-refractivity contribution in [3.63, 3.8) is 0 Å². The number of carbonyl (C=O) groups excluding carboxylic acids is 1. The molecule has 1 aromatic carbocycles. The van der Waals surface area contributed by atoms with E-state index < -0.39 is 0 Å². The summed E-state index contributed by atoms with van der Waals surface area (Å²) in [5.41, 5.74) is 2.07. The number of hydrogen-bond donors (Lipinski definition) is 1. The molecule has 1 aromatic rings. The van der Waals surface area contributed by atoms with Gasteiger partial charge in [0.15, 0.2) is 0 Å². The first-order valence-corrected chi connectivity index (χ1v) is 5.67. The van der Waals surface area contributed by atoms with Crippen LogP contribution in [-0.4, -0.2) is 19.1 Å². The molecule has 78 valence electrons. The third-order valence-electron chi connectivity index (χ3n) is 3.01. The van der Waals surface area contributed by atoms with Gasteiger partial charge in [0.2, 0.25) is 5.91 Å². The van der Waals surface area contributed by atoms with E-state index in [1.165, 1.54) is 5.56 Å². The molecule has 1 fully saturated rings. The van der Waals surface area contributed by atoms with E-state index in [-0.39, 0.29) is 11.4 Å². The number of fused-ring (bicyclic) bond motifs is 2. The van der Waals surface area contributed by atoms with E-state index in [1.54, 1.807) is 0 Å². The molecule has 4 heteroatoms. The Morgan fingerprint density at radius 1 is 1.40 bits per heavy atom. The summed E-state index contributed by atoms with van der Waals surface area (Å²) >= 11 is 3.42. The molecule has 15 heavy (non-hydrogen) atoms. The zero-order valence-corrected chi connectivity index (χ0v) is 9.63. The minimum Gasteiger partial charge on any atom is -0.376 e. The minimum absolute atomic E-state index is 0.0869. The topological polar surface area (TPSA) is 38.3 Å². The molecule has 3 rings (SSSR count). The van der Waals surface area contributed by atoms with Gasteiger partial charge in [-0.2, -0.15) is 0 Å². The van der Waals surface area contributed by atoms with E-state index in [4.69, 9.17) is 4.74 Å². The molecule has 2 aliphatic rings. The number of amides is 1. The van der Waals surface area contributed by atoms with Crippen molar-refractivity contribution in [1.29, 1.82) is 0 Å². The molecular weight excluding hydrogens is 258 g/mol. The highest BCUT2D eigenvalue weighted by atomic mass is 79.9. The summed E-state index contributed by atoms with van der Waals surface area (Å²) in [7, 11) is 0. The van der Waals surface area contributed by atoms with Crippen LogP contribution in [0.4, 0.5) is 0 Å². The highest BCUT2D eigenvalue weighted by molar-refractivity contribution is 9.10. The summed E-state index contributed by atoms with van der Waals surface area (Å²) in [4.78, 5) is 11.6. The fourth-order valence-electron chi connectivity index (χ4n) is 2.26. The smallest absolute Gasteiger partial charge is 0.225 e. The molecule has 2 heterocycles. The van der Waals surface area contributed by atoms with Gasteiger partial charge in [-0.3, -0.25) is 4.79 Å². The second-order valence-electron chi connectivity index (χ2n) is 4.10. The summed E-state index contributed by atoms with van der Waals surface area (Å²) in [6.07, 6.45) is 0.469. The molecule has 0 bridgehead atoms. The molecule has 0 aromatic heterocycles. The third kappa shape index (κ3) is 1.32. The lowest BCUT2D eigenvalue weighted by Crippen LogP contribution is -2.62. The molecule has 1 N–H and O–H groups in total. The molecule has 1 spiro atoms. The molecule has 0 saturated carbocycles. The third-order valence-corrected chi connectivity index (χ3v) is 3.50. The van der Waals surface area contributed by atoms with Crippen LogP contribution in [0, 0.1) is 0 Å². The average Bonchev–Trinajstić information content (AvgIpc) is 2.13. The molecule has 0 unspecified atom stereocenters. The van der Waals surface area contributed by atoms with E-state index in [1.807, 2.05) is 12.1 Å². The highest BCUT2D eigenvalue weighted by Crippen LogP contribution is 2.36. The normalized spacial score (nSPS) is 21.8. The zero-order chi connectivity index (χ0) is 10.5. The van der Waals surface area contributed by atoms with E-state index in [2.05, 4.69) is 27.3 Å². The van der Waals surface area contributed by atoms with E-state index in [9.17, 15) is 4.79 Å². The number of halogens is 1. The van der Waals surface area contributed by atoms with E-state index in [0.717, 1.165) is 10.0 Å². The van der Waals surface area contributed by atoms with Gasteiger partial charge in [-0.25, -0.2) is 0 Å². The molecule has 2 aliphatic heterocycles. The van der Waals surface area contributed by atoms with Crippen LogP contribution in [0.3, 0.4) is 0 Å². The first kappa shape index (κ1) is 9.36. The Kier molecular flexibility index (Phi) is 1.91. The molecule has 1 amide bonds. The van der Waals surface area contributed by atoms with Gasteiger partial charge < -0.3 is 10.1 Å². The molecule has 0 aliphatic carbocycles. The number of nitrogens with one attached hydrogen (secondary N) is 1. The van der Waals surface area contributed by atoms with Crippen molar-refractivity contribution in [1.82, 2.24) is 5.32 Å². The Hall–Kier alpha value is -0.870. The predicted molar refractivity (Wildman–Crippen MR) is 58.5 cm³/mol. The van der Waals surface area contributed by atoms with Gasteiger partial charge in [0.05, 0.1) is 19.6 Å². The zero-order valence-electron chi connectivity index (χ0n) is 8.05. The number of hydrogen-bond acceptors (Lipinski definition) is 2. The van der Waals surface area contributed by atoms with Crippen LogP contribution in [0.2, 0.25) is 0 Å². The van der Waals surface area contributed by atoms with E-state index in [0.29, 0.717) is 19.6 Å².